The molecule has 2 rings (SSSR count). The van der Waals surface area contributed by atoms with E-state index in [0.717, 1.165) is 16.3 Å². The Morgan fingerprint density at radius 2 is 1.89 bits per heavy atom. The SMILES string of the molecule is Cn1cnn(/C=C/S(=O)(=O)c2ccccc2)c1=O. The first-order chi connectivity index (χ1) is 8.50. The summed E-state index contributed by atoms with van der Waals surface area (Å²) in [5.41, 5.74) is -0.408. The zero-order chi connectivity index (χ0) is 13.2. The van der Waals surface area contributed by atoms with Crippen molar-refractivity contribution in [2.45, 2.75) is 4.90 Å². The van der Waals surface area contributed by atoms with Crippen LogP contribution in [0.1, 0.15) is 0 Å². The number of rotatable bonds is 3. The second-order valence-electron chi connectivity index (χ2n) is 3.61. The lowest BCUT2D eigenvalue weighted by Gasteiger charge is -1.97. The molecule has 7 heteroatoms. The van der Waals surface area contributed by atoms with E-state index in [1.165, 1.54) is 30.1 Å². The molecule has 18 heavy (non-hydrogen) atoms. The fraction of sp³-hybridized carbons (Fsp3) is 0.0909. The highest BCUT2D eigenvalue weighted by molar-refractivity contribution is 7.94. The van der Waals surface area contributed by atoms with Crippen molar-refractivity contribution in [1.29, 1.82) is 0 Å². The van der Waals surface area contributed by atoms with Crippen LogP contribution in [0.2, 0.25) is 0 Å². The molecule has 0 atom stereocenters. The lowest BCUT2D eigenvalue weighted by molar-refractivity contribution is 0.604. The van der Waals surface area contributed by atoms with Crippen molar-refractivity contribution in [3.05, 3.63) is 52.6 Å². The minimum absolute atomic E-state index is 0.172. The van der Waals surface area contributed by atoms with Crippen molar-refractivity contribution in [1.82, 2.24) is 14.3 Å². The molecule has 6 nitrogen and oxygen atoms in total. The molecule has 0 aliphatic carbocycles. The van der Waals surface area contributed by atoms with Gasteiger partial charge in [-0.3, -0.25) is 4.57 Å². The molecule has 0 radical (unpaired) electrons. The van der Waals surface area contributed by atoms with Crippen molar-refractivity contribution < 1.29 is 8.42 Å². The number of sulfone groups is 1. The number of nitrogens with zero attached hydrogens (tertiary/aromatic N) is 3. The Morgan fingerprint density at radius 3 is 2.44 bits per heavy atom. The molecule has 94 valence electrons. The molecule has 0 fully saturated rings. The van der Waals surface area contributed by atoms with Crippen LogP contribution in [-0.4, -0.2) is 22.8 Å². The number of aromatic nitrogens is 3. The highest BCUT2D eigenvalue weighted by Crippen LogP contribution is 2.10. The molecular formula is C11H11N3O3S. The van der Waals surface area contributed by atoms with Gasteiger partial charge in [-0.15, -0.1) is 0 Å². The van der Waals surface area contributed by atoms with Crippen molar-refractivity contribution in [3.63, 3.8) is 0 Å². The van der Waals surface area contributed by atoms with Gasteiger partial charge in [0.25, 0.3) is 0 Å². The summed E-state index contributed by atoms with van der Waals surface area (Å²) in [4.78, 5) is 11.6. The minimum atomic E-state index is -3.56. The van der Waals surface area contributed by atoms with Crippen LogP contribution >= 0.6 is 0 Å². The van der Waals surface area contributed by atoms with Crippen LogP contribution in [0.4, 0.5) is 0 Å². The molecule has 0 aliphatic heterocycles. The van der Waals surface area contributed by atoms with E-state index in [1.807, 2.05) is 0 Å². The van der Waals surface area contributed by atoms with E-state index in [1.54, 1.807) is 18.2 Å². The lowest BCUT2D eigenvalue weighted by Crippen LogP contribution is -2.19. The van der Waals surface area contributed by atoms with Gasteiger partial charge in [0.2, 0.25) is 9.84 Å². The van der Waals surface area contributed by atoms with Crippen LogP contribution < -0.4 is 5.69 Å². The van der Waals surface area contributed by atoms with Crippen LogP contribution in [0.15, 0.2) is 51.8 Å². The standard InChI is InChI=1S/C11H11N3O3S/c1-13-9-12-14(11(13)15)7-8-18(16,17)10-5-3-2-4-6-10/h2-9H,1H3/b8-7+. The van der Waals surface area contributed by atoms with E-state index < -0.39 is 15.5 Å². The highest BCUT2D eigenvalue weighted by Gasteiger charge is 2.09. The maximum atomic E-state index is 11.9. The first-order valence-corrected chi connectivity index (χ1v) is 6.64. The molecule has 1 aromatic carbocycles. The fourth-order valence-electron chi connectivity index (χ4n) is 1.32. The smallest absolute Gasteiger partial charge is 0.284 e. The van der Waals surface area contributed by atoms with Gasteiger partial charge in [0.05, 0.1) is 10.3 Å². The van der Waals surface area contributed by atoms with Gasteiger partial charge in [0.1, 0.15) is 6.33 Å². The molecule has 0 unspecified atom stereocenters. The third-order valence-electron chi connectivity index (χ3n) is 2.30. The average molecular weight is 265 g/mol. The Hall–Kier alpha value is -2.15. The van der Waals surface area contributed by atoms with E-state index in [0.29, 0.717) is 0 Å². The highest BCUT2D eigenvalue weighted by atomic mass is 32.2. The van der Waals surface area contributed by atoms with Gasteiger partial charge in [-0.1, -0.05) is 18.2 Å². The van der Waals surface area contributed by atoms with E-state index in [9.17, 15) is 13.2 Å². The Labute approximate surface area is 104 Å². The third kappa shape index (κ3) is 2.40. The molecule has 2 aromatic rings. The van der Waals surface area contributed by atoms with Crippen LogP contribution in [0.25, 0.3) is 6.20 Å². The number of hydrogen-bond acceptors (Lipinski definition) is 4. The summed E-state index contributed by atoms with van der Waals surface area (Å²) in [6, 6.07) is 7.97. The summed E-state index contributed by atoms with van der Waals surface area (Å²) in [5.74, 6) is 0. The predicted octanol–water partition coefficient (Wildman–Crippen LogP) is 0.484. The number of hydrogen-bond donors (Lipinski definition) is 0. The van der Waals surface area contributed by atoms with Gasteiger partial charge in [-0.25, -0.2) is 13.2 Å². The lowest BCUT2D eigenvalue weighted by atomic mass is 10.4. The van der Waals surface area contributed by atoms with Gasteiger partial charge in [0.15, 0.2) is 0 Å². The predicted molar refractivity (Wildman–Crippen MR) is 66.4 cm³/mol. The van der Waals surface area contributed by atoms with Crippen LogP contribution in [-0.2, 0) is 16.9 Å². The summed E-state index contributed by atoms with van der Waals surface area (Å²) < 4.78 is 26.0. The van der Waals surface area contributed by atoms with Gasteiger partial charge in [-0.2, -0.15) is 9.78 Å². The van der Waals surface area contributed by atoms with E-state index >= 15 is 0 Å². The van der Waals surface area contributed by atoms with Gasteiger partial charge in [0, 0.05) is 13.2 Å². The second kappa shape index (κ2) is 4.61. The summed E-state index contributed by atoms with van der Waals surface area (Å²) in [6.07, 6.45) is 2.44. The maximum Gasteiger partial charge on any atom is 0.349 e. The quantitative estimate of drug-likeness (QED) is 0.809. The molecular weight excluding hydrogens is 254 g/mol. The largest absolute Gasteiger partial charge is 0.349 e. The molecule has 0 amide bonds. The van der Waals surface area contributed by atoms with E-state index in [4.69, 9.17) is 0 Å². The van der Waals surface area contributed by atoms with E-state index in [2.05, 4.69) is 5.10 Å². The average Bonchev–Trinajstić information content (AvgIpc) is 2.69. The minimum Gasteiger partial charge on any atom is -0.284 e. The Kier molecular flexibility index (Phi) is 3.15. The summed E-state index contributed by atoms with van der Waals surface area (Å²) in [5, 5.41) is 4.68. The Bertz CT molecular complexity index is 726. The molecule has 1 aromatic heterocycles. The van der Waals surface area contributed by atoms with Crippen molar-refractivity contribution in [3.8, 4) is 0 Å². The van der Waals surface area contributed by atoms with Gasteiger partial charge < -0.3 is 0 Å². The Morgan fingerprint density at radius 1 is 1.22 bits per heavy atom. The molecule has 0 aliphatic rings. The number of aryl methyl sites for hydroxylation is 1. The summed E-state index contributed by atoms with van der Waals surface area (Å²) in [6.45, 7) is 0. The van der Waals surface area contributed by atoms with Gasteiger partial charge >= 0.3 is 5.69 Å². The second-order valence-corrected chi connectivity index (χ2v) is 5.45. The van der Waals surface area contributed by atoms with Crippen molar-refractivity contribution in [2.24, 2.45) is 7.05 Å². The van der Waals surface area contributed by atoms with Crippen molar-refractivity contribution in [2.75, 3.05) is 0 Å². The monoisotopic (exact) mass is 265 g/mol. The molecule has 0 N–H and O–H groups in total. The maximum absolute atomic E-state index is 11.9. The molecule has 0 saturated heterocycles. The summed E-state index contributed by atoms with van der Waals surface area (Å²) >= 11 is 0. The molecule has 0 spiro atoms. The third-order valence-corrected chi connectivity index (χ3v) is 3.71. The first-order valence-electron chi connectivity index (χ1n) is 5.09. The number of benzene rings is 1. The van der Waals surface area contributed by atoms with Crippen LogP contribution in [0, 0.1) is 0 Å². The van der Waals surface area contributed by atoms with Crippen LogP contribution in [0.5, 0.6) is 0 Å². The fourth-order valence-corrected chi connectivity index (χ4v) is 2.29. The molecule has 0 bridgehead atoms. The summed E-state index contributed by atoms with van der Waals surface area (Å²) in [7, 11) is -2.02. The Balaban J connectivity index is 2.35. The molecule has 1 heterocycles. The van der Waals surface area contributed by atoms with Crippen molar-refractivity contribution >= 4 is 16.0 Å². The normalized spacial score (nSPS) is 12.1. The zero-order valence-corrected chi connectivity index (χ0v) is 10.4. The van der Waals surface area contributed by atoms with E-state index in [-0.39, 0.29) is 4.90 Å². The molecule has 0 saturated carbocycles. The van der Waals surface area contributed by atoms with Gasteiger partial charge in [-0.05, 0) is 12.1 Å². The zero-order valence-electron chi connectivity index (χ0n) is 9.59. The first kappa shape index (κ1) is 12.3. The topological polar surface area (TPSA) is 74.0 Å². The van der Waals surface area contributed by atoms with Crippen LogP contribution in [0.3, 0.4) is 0 Å².